The first-order valence-corrected chi connectivity index (χ1v) is 10.9. The Morgan fingerprint density at radius 3 is 2.80 bits per heavy atom. The molecule has 30 heavy (non-hydrogen) atoms. The van der Waals surface area contributed by atoms with E-state index in [-0.39, 0.29) is 17.7 Å². The van der Waals surface area contributed by atoms with Crippen LogP contribution in [0.5, 0.6) is 5.75 Å². The molecule has 3 aromatic heterocycles. The van der Waals surface area contributed by atoms with Crippen LogP contribution >= 0.6 is 0 Å². The molecule has 1 unspecified atom stereocenters. The molecule has 2 aliphatic rings. The number of nitrogens with zero attached hydrogens (tertiary/aromatic N) is 5. The highest BCUT2D eigenvalue weighted by atomic mass is 16.5. The molecule has 0 amide bonds. The summed E-state index contributed by atoms with van der Waals surface area (Å²) in [6, 6.07) is 5.78. The molecule has 1 aliphatic heterocycles. The Morgan fingerprint density at radius 1 is 1.13 bits per heavy atom. The number of ether oxygens (including phenoxy) is 1. The topological polar surface area (TPSA) is 73.1 Å². The van der Waals surface area contributed by atoms with Crippen LogP contribution in [0.4, 0.5) is 5.95 Å². The maximum atomic E-state index is 12.8. The highest BCUT2D eigenvalue weighted by Gasteiger charge is 2.25. The summed E-state index contributed by atoms with van der Waals surface area (Å²) in [5.74, 6) is 1.47. The van der Waals surface area contributed by atoms with Crippen molar-refractivity contribution >= 4 is 17.0 Å². The maximum Gasteiger partial charge on any atom is 0.252 e. The number of hydrogen-bond donors (Lipinski definition) is 0. The van der Waals surface area contributed by atoms with Gasteiger partial charge in [0, 0.05) is 36.4 Å². The fraction of sp³-hybridized carbons (Fsp3) is 0.478. The predicted octanol–water partition coefficient (Wildman–Crippen LogP) is 3.66. The van der Waals surface area contributed by atoms with E-state index in [1.807, 2.05) is 29.8 Å². The first kappa shape index (κ1) is 19.0. The summed E-state index contributed by atoms with van der Waals surface area (Å²) < 4.78 is 8.03. The average molecular weight is 406 g/mol. The molecule has 4 heterocycles. The van der Waals surface area contributed by atoms with Crippen molar-refractivity contribution in [3.05, 3.63) is 52.7 Å². The highest BCUT2D eigenvalue weighted by Crippen LogP contribution is 2.31. The Kier molecular flexibility index (Phi) is 5.11. The largest absolute Gasteiger partial charge is 0.487 e. The van der Waals surface area contributed by atoms with Gasteiger partial charge in [-0.2, -0.15) is 4.98 Å². The van der Waals surface area contributed by atoms with Gasteiger partial charge in [-0.15, -0.1) is 0 Å². The Morgan fingerprint density at radius 2 is 2.00 bits per heavy atom. The van der Waals surface area contributed by atoms with Gasteiger partial charge in [0.2, 0.25) is 5.95 Å². The lowest BCUT2D eigenvalue weighted by atomic mass is 10.1. The van der Waals surface area contributed by atoms with Gasteiger partial charge in [-0.3, -0.25) is 14.3 Å². The Labute approximate surface area is 175 Å². The summed E-state index contributed by atoms with van der Waals surface area (Å²) >= 11 is 0. The molecule has 2 fully saturated rings. The second-order valence-electron chi connectivity index (χ2n) is 8.40. The summed E-state index contributed by atoms with van der Waals surface area (Å²) in [5.41, 5.74) is 1.76. The maximum absolute atomic E-state index is 12.8. The molecular weight excluding hydrogens is 378 g/mol. The van der Waals surface area contributed by atoms with Crippen LogP contribution in [0.25, 0.3) is 11.0 Å². The van der Waals surface area contributed by atoms with Crippen molar-refractivity contribution in [3.63, 3.8) is 0 Å². The first-order valence-electron chi connectivity index (χ1n) is 10.9. The lowest BCUT2D eigenvalue weighted by molar-refractivity contribution is 0.178. The van der Waals surface area contributed by atoms with Gasteiger partial charge >= 0.3 is 0 Å². The third kappa shape index (κ3) is 3.64. The number of anilines is 1. The third-order valence-corrected chi connectivity index (χ3v) is 6.27. The zero-order valence-corrected chi connectivity index (χ0v) is 17.3. The smallest absolute Gasteiger partial charge is 0.252 e. The van der Waals surface area contributed by atoms with E-state index in [1.165, 1.54) is 12.8 Å². The molecule has 0 bridgehead atoms. The van der Waals surface area contributed by atoms with Gasteiger partial charge < -0.3 is 9.64 Å². The highest BCUT2D eigenvalue weighted by molar-refractivity contribution is 5.79. The molecule has 0 N–H and O–H groups in total. The van der Waals surface area contributed by atoms with Crippen molar-refractivity contribution in [2.75, 3.05) is 18.0 Å². The van der Waals surface area contributed by atoms with Crippen LogP contribution in [-0.4, -0.2) is 38.7 Å². The fourth-order valence-corrected chi connectivity index (χ4v) is 4.76. The molecule has 7 nitrogen and oxygen atoms in total. The van der Waals surface area contributed by atoms with E-state index in [9.17, 15) is 4.79 Å². The van der Waals surface area contributed by atoms with Crippen molar-refractivity contribution < 1.29 is 4.74 Å². The number of rotatable bonds is 4. The second-order valence-corrected chi connectivity index (χ2v) is 8.40. The number of aromatic nitrogens is 4. The van der Waals surface area contributed by atoms with Crippen molar-refractivity contribution in [1.29, 1.82) is 0 Å². The van der Waals surface area contributed by atoms with Crippen molar-refractivity contribution in [1.82, 2.24) is 19.5 Å². The summed E-state index contributed by atoms with van der Waals surface area (Å²) in [4.78, 5) is 28.7. The summed E-state index contributed by atoms with van der Waals surface area (Å²) in [6.45, 7) is 3.57. The SMILES string of the molecule is Cc1cc(=O)n(C2CCCC2)c2nc(N3CCCC(Oc4cccnc4)C3)ncc12. The first-order chi connectivity index (χ1) is 14.7. The molecule has 1 aliphatic carbocycles. The molecule has 1 saturated heterocycles. The van der Waals surface area contributed by atoms with E-state index in [0.717, 1.165) is 61.1 Å². The lowest BCUT2D eigenvalue weighted by Gasteiger charge is -2.33. The van der Waals surface area contributed by atoms with E-state index in [2.05, 4.69) is 14.9 Å². The molecular formula is C23H27N5O2. The average Bonchev–Trinajstić information content (AvgIpc) is 3.29. The fourth-order valence-electron chi connectivity index (χ4n) is 4.76. The summed E-state index contributed by atoms with van der Waals surface area (Å²) in [5, 5.41) is 0.963. The number of piperidine rings is 1. The van der Waals surface area contributed by atoms with Crippen molar-refractivity contribution in [2.45, 2.75) is 57.6 Å². The zero-order chi connectivity index (χ0) is 20.5. The van der Waals surface area contributed by atoms with Gasteiger partial charge in [0.25, 0.3) is 5.56 Å². The Balaban J connectivity index is 1.46. The van der Waals surface area contributed by atoms with Crippen LogP contribution in [0.15, 0.2) is 41.6 Å². The van der Waals surface area contributed by atoms with Gasteiger partial charge in [0.05, 0.1) is 12.7 Å². The van der Waals surface area contributed by atoms with E-state index in [0.29, 0.717) is 5.95 Å². The predicted molar refractivity (Wildman–Crippen MR) is 116 cm³/mol. The minimum atomic E-state index is 0.0491. The molecule has 0 aromatic carbocycles. The van der Waals surface area contributed by atoms with Crippen molar-refractivity contribution in [2.24, 2.45) is 0 Å². The van der Waals surface area contributed by atoms with E-state index in [4.69, 9.17) is 9.72 Å². The van der Waals surface area contributed by atoms with Crippen LogP contribution in [0.2, 0.25) is 0 Å². The lowest BCUT2D eigenvalue weighted by Crippen LogP contribution is -2.42. The van der Waals surface area contributed by atoms with Crippen LogP contribution in [0.3, 0.4) is 0 Å². The third-order valence-electron chi connectivity index (χ3n) is 6.27. The van der Waals surface area contributed by atoms with Crippen LogP contribution in [-0.2, 0) is 0 Å². The molecule has 3 aromatic rings. The summed E-state index contributed by atoms with van der Waals surface area (Å²) in [6.07, 6.45) is 11.9. The van der Waals surface area contributed by atoms with Gasteiger partial charge in [0.15, 0.2) is 0 Å². The Hall–Kier alpha value is -2.96. The minimum Gasteiger partial charge on any atom is -0.487 e. The second kappa shape index (κ2) is 8.05. The molecule has 7 heteroatoms. The van der Waals surface area contributed by atoms with Crippen molar-refractivity contribution in [3.8, 4) is 5.75 Å². The van der Waals surface area contributed by atoms with E-state index in [1.54, 1.807) is 18.5 Å². The molecule has 0 radical (unpaired) electrons. The molecule has 1 saturated carbocycles. The molecule has 0 spiro atoms. The zero-order valence-electron chi connectivity index (χ0n) is 17.3. The number of aryl methyl sites for hydroxylation is 1. The Bertz CT molecular complexity index is 1090. The molecule has 156 valence electrons. The number of hydrogen-bond acceptors (Lipinski definition) is 6. The van der Waals surface area contributed by atoms with E-state index >= 15 is 0 Å². The van der Waals surface area contributed by atoms with Gasteiger partial charge in [-0.25, -0.2) is 4.98 Å². The standard InChI is InChI=1S/C23H27N5O2/c1-16-12-21(29)28(17-6-2-3-7-17)22-20(16)14-25-23(26-22)27-11-5-9-19(15-27)30-18-8-4-10-24-13-18/h4,8,10,12-14,17,19H,2-3,5-7,9,11,15H2,1H3. The van der Waals surface area contributed by atoms with Gasteiger partial charge in [-0.1, -0.05) is 12.8 Å². The normalized spacial score (nSPS) is 20.0. The molecule has 1 atom stereocenters. The molecule has 5 rings (SSSR count). The monoisotopic (exact) mass is 405 g/mol. The quantitative estimate of drug-likeness (QED) is 0.660. The van der Waals surface area contributed by atoms with Gasteiger partial charge in [-0.05, 0) is 50.3 Å². The van der Waals surface area contributed by atoms with E-state index < -0.39 is 0 Å². The van der Waals surface area contributed by atoms with Crippen LogP contribution in [0.1, 0.15) is 50.1 Å². The van der Waals surface area contributed by atoms with Crippen LogP contribution in [0, 0.1) is 6.92 Å². The number of pyridine rings is 2. The number of fused-ring (bicyclic) bond motifs is 1. The minimum absolute atomic E-state index is 0.0491. The van der Waals surface area contributed by atoms with Crippen LogP contribution < -0.4 is 15.2 Å². The summed E-state index contributed by atoms with van der Waals surface area (Å²) in [7, 11) is 0. The van der Waals surface area contributed by atoms with Gasteiger partial charge in [0.1, 0.15) is 17.5 Å².